The summed E-state index contributed by atoms with van der Waals surface area (Å²) >= 11 is 5.95. The first-order valence-corrected chi connectivity index (χ1v) is 9.22. The van der Waals surface area contributed by atoms with E-state index >= 15 is 0 Å². The predicted molar refractivity (Wildman–Crippen MR) is 111 cm³/mol. The Balaban J connectivity index is 0.000000368. The molecule has 2 aromatic carbocycles. The van der Waals surface area contributed by atoms with Gasteiger partial charge >= 0.3 is 5.97 Å². The Bertz CT molecular complexity index is 942. The van der Waals surface area contributed by atoms with Crippen LogP contribution in [0.25, 0.3) is 0 Å². The SMILES string of the molecule is Cc1ccc(Nc2c(F)cccc2Cl)c(CC(=O)O)c1.NC[C@H](CO[N+](=O)[O-])O[N+](=O)[O-]. The van der Waals surface area contributed by atoms with Gasteiger partial charge in [-0.1, -0.05) is 35.4 Å². The molecule has 0 spiro atoms. The number of nitrogens with zero attached hydrogens (tertiary/aromatic N) is 2. The fourth-order valence-electron chi connectivity index (χ4n) is 2.31. The third kappa shape index (κ3) is 9.40. The highest BCUT2D eigenvalue weighted by molar-refractivity contribution is 6.33. The maximum absolute atomic E-state index is 13.7. The van der Waals surface area contributed by atoms with Gasteiger partial charge in [0.1, 0.15) is 18.5 Å². The van der Waals surface area contributed by atoms with Crippen LogP contribution in [0, 0.1) is 33.0 Å². The Kier molecular flexibility index (Phi) is 10.6. The van der Waals surface area contributed by atoms with Gasteiger partial charge in [-0.05, 0) is 30.7 Å². The van der Waals surface area contributed by atoms with Gasteiger partial charge in [-0.15, -0.1) is 20.2 Å². The number of benzene rings is 2. The van der Waals surface area contributed by atoms with Crippen LogP contribution in [0.4, 0.5) is 15.8 Å². The molecule has 4 N–H and O–H groups in total. The van der Waals surface area contributed by atoms with Crippen LogP contribution in [-0.4, -0.2) is 40.5 Å². The van der Waals surface area contributed by atoms with Crippen LogP contribution in [0.2, 0.25) is 5.02 Å². The summed E-state index contributed by atoms with van der Waals surface area (Å²) in [4.78, 5) is 38.0. The van der Waals surface area contributed by atoms with Crippen molar-refractivity contribution in [1.29, 1.82) is 0 Å². The maximum Gasteiger partial charge on any atom is 0.307 e. The Labute approximate surface area is 185 Å². The van der Waals surface area contributed by atoms with Gasteiger partial charge in [0, 0.05) is 12.2 Å². The van der Waals surface area contributed by atoms with Crippen molar-refractivity contribution in [2.45, 2.75) is 19.4 Å². The lowest BCUT2D eigenvalue weighted by Crippen LogP contribution is -2.31. The summed E-state index contributed by atoms with van der Waals surface area (Å²) in [6, 6.07) is 9.66. The van der Waals surface area contributed by atoms with Gasteiger partial charge in [-0.3, -0.25) is 4.79 Å². The molecule has 0 heterocycles. The highest BCUT2D eigenvalue weighted by Gasteiger charge is 2.13. The Morgan fingerprint density at radius 1 is 1.28 bits per heavy atom. The highest BCUT2D eigenvalue weighted by Crippen LogP contribution is 2.30. The van der Waals surface area contributed by atoms with E-state index in [9.17, 15) is 29.4 Å². The molecular formula is C18H20ClFN4O8. The molecular weight excluding hydrogens is 455 g/mol. The van der Waals surface area contributed by atoms with Crippen molar-refractivity contribution in [2.75, 3.05) is 18.5 Å². The lowest BCUT2D eigenvalue weighted by Gasteiger charge is -2.13. The fraction of sp³-hybridized carbons (Fsp3) is 0.278. The molecule has 0 saturated carbocycles. The zero-order valence-electron chi connectivity index (χ0n) is 16.7. The molecule has 2 aromatic rings. The second-order valence-electron chi connectivity index (χ2n) is 6.16. The van der Waals surface area contributed by atoms with E-state index in [1.807, 2.05) is 13.0 Å². The van der Waals surface area contributed by atoms with Crippen LogP contribution >= 0.6 is 11.6 Å². The lowest BCUT2D eigenvalue weighted by molar-refractivity contribution is -0.789. The average Bonchev–Trinajstić information content (AvgIpc) is 2.69. The summed E-state index contributed by atoms with van der Waals surface area (Å²) in [7, 11) is 0. The van der Waals surface area contributed by atoms with Gasteiger partial charge < -0.3 is 25.8 Å². The third-order valence-corrected chi connectivity index (χ3v) is 4.00. The molecule has 0 aromatic heterocycles. The van der Waals surface area contributed by atoms with Crippen molar-refractivity contribution in [3.8, 4) is 0 Å². The number of para-hydroxylation sites is 1. The summed E-state index contributed by atoms with van der Waals surface area (Å²) in [6.45, 7) is 1.09. The first-order chi connectivity index (χ1) is 15.0. The molecule has 0 fully saturated rings. The molecule has 174 valence electrons. The number of nitrogens with one attached hydrogen (secondary N) is 1. The maximum atomic E-state index is 13.7. The van der Waals surface area contributed by atoms with E-state index in [0.717, 1.165) is 5.56 Å². The lowest BCUT2D eigenvalue weighted by atomic mass is 10.1. The second-order valence-corrected chi connectivity index (χ2v) is 6.57. The first kappa shape index (κ1) is 26.3. The topological polar surface area (TPSA) is 180 Å². The minimum atomic E-state index is -1.11. The first-order valence-electron chi connectivity index (χ1n) is 8.84. The van der Waals surface area contributed by atoms with E-state index in [-0.39, 0.29) is 23.7 Å². The minimum Gasteiger partial charge on any atom is -0.481 e. The van der Waals surface area contributed by atoms with Crippen LogP contribution in [0.1, 0.15) is 11.1 Å². The summed E-state index contributed by atoms with van der Waals surface area (Å²) in [6.07, 6.45) is -1.25. The van der Waals surface area contributed by atoms with Crippen molar-refractivity contribution in [1.82, 2.24) is 0 Å². The average molecular weight is 475 g/mol. The number of hydrogen-bond donors (Lipinski definition) is 3. The van der Waals surface area contributed by atoms with Crippen LogP contribution < -0.4 is 11.1 Å². The van der Waals surface area contributed by atoms with Crippen LogP contribution in [-0.2, 0) is 20.9 Å². The van der Waals surface area contributed by atoms with E-state index < -0.39 is 34.7 Å². The molecule has 12 nitrogen and oxygen atoms in total. The summed E-state index contributed by atoms with van der Waals surface area (Å²) in [5.74, 6) is -1.43. The number of carbonyl (C=O) groups is 1. The van der Waals surface area contributed by atoms with Crippen molar-refractivity contribution >= 4 is 28.9 Å². The molecule has 0 aliphatic carbocycles. The number of carboxylic acid groups (broad SMARTS) is 1. The van der Waals surface area contributed by atoms with Gasteiger partial charge in [0.05, 0.1) is 17.1 Å². The second kappa shape index (κ2) is 12.9. The largest absolute Gasteiger partial charge is 0.481 e. The van der Waals surface area contributed by atoms with Gasteiger partial charge in [-0.25, -0.2) is 4.39 Å². The number of halogens is 2. The van der Waals surface area contributed by atoms with Crippen LogP contribution in [0.15, 0.2) is 36.4 Å². The number of carboxylic acids is 1. The van der Waals surface area contributed by atoms with Gasteiger partial charge in [0.2, 0.25) is 0 Å². The highest BCUT2D eigenvalue weighted by atomic mass is 35.5. The molecule has 0 aliphatic rings. The monoisotopic (exact) mass is 474 g/mol. The van der Waals surface area contributed by atoms with E-state index in [4.69, 9.17) is 22.4 Å². The molecule has 2 rings (SSSR count). The quantitative estimate of drug-likeness (QED) is 0.342. The normalized spacial score (nSPS) is 10.9. The molecule has 0 aliphatic heterocycles. The van der Waals surface area contributed by atoms with Gasteiger partial charge in [-0.2, -0.15) is 0 Å². The van der Waals surface area contributed by atoms with Crippen molar-refractivity contribution in [2.24, 2.45) is 5.73 Å². The Morgan fingerprint density at radius 3 is 2.50 bits per heavy atom. The Morgan fingerprint density at radius 2 is 1.97 bits per heavy atom. The minimum absolute atomic E-state index is 0.143. The third-order valence-electron chi connectivity index (χ3n) is 3.69. The zero-order valence-corrected chi connectivity index (χ0v) is 17.5. The molecule has 0 radical (unpaired) electrons. The van der Waals surface area contributed by atoms with Crippen molar-refractivity contribution in [3.63, 3.8) is 0 Å². The zero-order chi connectivity index (χ0) is 24.3. The number of hydrogen-bond acceptors (Lipinski definition) is 9. The number of rotatable bonds is 10. The number of aryl methyl sites for hydroxylation is 1. The van der Waals surface area contributed by atoms with Gasteiger partial charge in [0.15, 0.2) is 0 Å². The van der Waals surface area contributed by atoms with Crippen molar-refractivity contribution in [3.05, 3.63) is 78.6 Å². The molecule has 1 atom stereocenters. The van der Waals surface area contributed by atoms with E-state index in [0.29, 0.717) is 11.3 Å². The molecule has 14 heteroatoms. The van der Waals surface area contributed by atoms with Crippen molar-refractivity contribution < 1.29 is 34.1 Å². The molecule has 32 heavy (non-hydrogen) atoms. The van der Waals surface area contributed by atoms with E-state index in [1.54, 1.807) is 18.2 Å². The van der Waals surface area contributed by atoms with Crippen LogP contribution in [0.5, 0.6) is 0 Å². The standard InChI is InChI=1S/C15H13ClFNO2.C3H7N3O6/c1-9-5-6-13(10(7-9)8-14(19)20)18-15-11(16)3-2-4-12(15)17;4-1-3(12-6(9)10)2-11-5(7)8/h2-7,18H,8H2,1H3,(H,19,20);3H,1-2,4H2/t;3-/m.1/s1. The van der Waals surface area contributed by atoms with Crippen LogP contribution in [0.3, 0.4) is 0 Å². The summed E-state index contributed by atoms with van der Waals surface area (Å²) in [5, 5.41) is 29.2. The number of aliphatic carboxylic acids is 1. The predicted octanol–water partition coefficient (Wildman–Crippen LogP) is 2.89. The molecule has 0 bridgehead atoms. The fourth-order valence-corrected chi connectivity index (χ4v) is 2.52. The van der Waals surface area contributed by atoms with Gasteiger partial charge in [0.25, 0.3) is 10.2 Å². The molecule has 0 saturated heterocycles. The summed E-state index contributed by atoms with van der Waals surface area (Å²) in [5.41, 5.74) is 7.17. The Hall–Kier alpha value is -3.71. The molecule has 0 unspecified atom stereocenters. The molecule has 0 amide bonds. The smallest absolute Gasteiger partial charge is 0.307 e. The van der Waals surface area contributed by atoms with E-state index in [1.165, 1.54) is 12.1 Å². The summed E-state index contributed by atoms with van der Waals surface area (Å²) < 4.78 is 13.7. The number of anilines is 2. The number of nitrogens with two attached hydrogens (primary N) is 1. The van der Waals surface area contributed by atoms with E-state index in [2.05, 4.69) is 15.0 Å².